The van der Waals surface area contributed by atoms with Crippen LogP contribution in [0, 0.1) is 27.7 Å². The number of carbonyl (C=O) groups excluding carboxylic acids is 2. The number of aromatic nitrogens is 2. The molecule has 0 bridgehead atoms. The Bertz CT molecular complexity index is 2570. The molecule has 60 heavy (non-hydrogen) atoms. The van der Waals surface area contributed by atoms with Gasteiger partial charge in [-0.15, -0.1) is 0 Å². The molecule has 316 valence electrons. The minimum atomic E-state index is -0.350. The second kappa shape index (κ2) is 22.3. The summed E-state index contributed by atoms with van der Waals surface area (Å²) in [6.07, 6.45) is 1.55. The Morgan fingerprint density at radius 2 is 1.27 bits per heavy atom. The molecule has 0 saturated heterocycles. The van der Waals surface area contributed by atoms with E-state index in [0.29, 0.717) is 30.1 Å². The van der Waals surface area contributed by atoms with E-state index >= 15 is 0 Å². The van der Waals surface area contributed by atoms with Gasteiger partial charge in [0.05, 0.1) is 36.5 Å². The molecule has 0 spiro atoms. The lowest BCUT2D eigenvalue weighted by Gasteiger charge is -2.23. The molecule has 6 rings (SSSR count). The van der Waals surface area contributed by atoms with Crippen molar-refractivity contribution in [3.8, 4) is 0 Å². The van der Waals surface area contributed by atoms with E-state index in [1.807, 2.05) is 100 Å². The van der Waals surface area contributed by atoms with Gasteiger partial charge in [-0.25, -0.2) is 9.59 Å². The van der Waals surface area contributed by atoms with Crippen molar-refractivity contribution in [3.05, 3.63) is 150 Å². The third-order valence-electron chi connectivity index (χ3n) is 9.91. The quantitative estimate of drug-likeness (QED) is 0.0409. The van der Waals surface area contributed by atoms with Crippen LogP contribution in [0.3, 0.4) is 0 Å². The fourth-order valence-electron chi connectivity index (χ4n) is 7.03. The smallest absolute Gasteiger partial charge is 0.322 e. The number of amides is 2. The molecule has 12 heteroatoms. The van der Waals surface area contributed by atoms with Crippen LogP contribution < -0.4 is 21.8 Å². The van der Waals surface area contributed by atoms with Crippen LogP contribution in [0.25, 0.3) is 21.8 Å². The standard InChI is InChI=1S/C24H29N3O3.C14H18N2O2.C10H11NO/c1-15(2)20-7-5-6-8-21(20)25-24(30)27(9-10-28)14-19-13-18-12-16(3)11-17(4)22(18)26-23(19)29;1-9-5-10(2)13-11(6-9)7-12(14(18)16-13)8-15-3-4-17;1-8(2)9-5-3-4-6-10(9)11-7-12/h5-8,11-13,15,28H,9-10,14H2,1-4H3,(H,25,30)(H,26,29);5-7,15,17H,3-4,8H2,1-2H3,(H,16,18);3-6,8H,1-2H3. The van der Waals surface area contributed by atoms with E-state index in [-0.39, 0.29) is 49.4 Å². The monoisotopic (exact) mass is 814 g/mol. The van der Waals surface area contributed by atoms with Crippen LogP contribution in [0.5, 0.6) is 0 Å². The highest BCUT2D eigenvalue weighted by Gasteiger charge is 2.18. The van der Waals surface area contributed by atoms with E-state index in [0.717, 1.165) is 61.0 Å². The van der Waals surface area contributed by atoms with Crippen molar-refractivity contribution < 1.29 is 19.8 Å². The number of aliphatic imine (C=N–C) groups is 1. The van der Waals surface area contributed by atoms with Crippen LogP contribution in [0.1, 0.15) is 84.0 Å². The van der Waals surface area contributed by atoms with Gasteiger partial charge in [0.15, 0.2) is 0 Å². The average molecular weight is 815 g/mol. The fourth-order valence-corrected chi connectivity index (χ4v) is 7.03. The van der Waals surface area contributed by atoms with Gasteiger partial charge in [-0.05, 0) is 109 Å². The number of aromatic amines is 2. The van der Waals surface area contributed by atoms with Gasteiger partial charge in [-0.1, -0.05) is 87.4 Å². The van der Waals surface area contributed by atoms with E-state index in [1.165, 1.54) is 10.5 Å². The number of fused-ring (bicyclic) bond motifs is 2. The first-order valence-electron chi connectivity index (χ1n) is 20.2. The predicted molar refractivity (Wildman–Crippen MR) is 242 cm³/mol. The van der Waals surface area contributed by atoms with Gasteiger partial charge in [0.25, 0.3) is 11.1 Å². The Balaban J connectivity index is 0.000000223. The molecule has 2 amide bonds. The molecule has 2 aromatic heterocycles. The number of aryl methyl sites for hydroxylation is 4. The molecule has 0 atom stereocenters. The molecule has 0 fully saturated rings. The number of H-pyrrole nitrogens is 2. The van der Waals surface area contributed by atoms with Crippen molar-refractivity contribution in [1.29, 1.82) is 0 Å². The summed E-state index contributed by atoms with van der Waals surface area (Å²) in [6, 6.07) is 26.8. The van der Waals surface area contributed by atoms with Gasteiger partial charge in [0.2, 0.25) is 6.08 Å². The molecular formula is C48H58N6O6. The molecule has 6 aromatic rings. The second-order valence-corrected chi connectivity index (χ2v) is 15.5. The van der Waals surface area contributed by atoms with Gasteiger partial charge in [-0.2, -0.15) is 4.99 Å². The normalized spacial score (nSPS) is 10.8. The number of urea groups is 1. The van der Waals surface area contributed by atoms with Crippen molar-refractivity contribution in [2.75, 3.05) is 31.6 Å². The zero-order chi connectivity index (χ0) is 43.9. The minimum Gasteiger partial charge on any atom is -0.395 e. The zero-order valence-electron chi connectivity index (χ0n) is 35.9. The number of nitrogens with zero attached hydrogens (tertiary/aromatic N) is 2. The lowest BCUT2D eigenvalue weighted by atomic mass is 10.0. The number of carbonyl (C=O) groups is 1. The molecule has 0 radical (unpaired) electrons. The number of aliphatic hydroxyl groups is 2. The molecule has 0 aliphatic rings. The maximum atomic E-state index is 13.0. The van der Waals surface area contributed by atoms with Crippen LogP contribution >= 0.6 is 0 Å². The summed E-state index contributed by atoms with van der Waals surface area (Å²) in [5.74, 6) is 0.640. The number of hydrogen-bond donors (Lipinski definition) is 6. The Kier molecular flexibility index (Phi) is 17.3. The summed E-state index contributed by atoms with van der Waals surface area (Å²) < 4.78 is 0. The number of isocyanates is 1. The highest BCUT2D eigenvalue weighted by Crippen LogP contribution is 2.26. The number of pyridine rings is 2. The van der Waals surface area contributed by atoms with Gasteiger partial charge in [0, 0.05) is 36.4 Å². The molecule has 0 saturated carbocycles. The van der Waals surface area contributed by atoms with Crippen LogP contribution in [0.4, 0.5) is 16.2 Å². The number of benzene rings is 4. The molecule has 12 nitrogen and oxygen atoms in total. The zero-order valence-corrected chi connectivity index (χ0v) is 35.9. The summed E-state index contributed by atoms with van der Waals surface area (Å²) in [7, 11) is 0. The summed E-state index contributed by atoms with van der Waals surface area (Å²) in [6.45, 7) is 17.3. The molecule has 2 heterocycles. The first-order valence-corrected chi connectivity index (χ1v) is 20.2. The number of hydrogen-bond acceptors (Lipinski definition) is 8. The number of aliphatic hydroxyl groups excluding tert-OH is 2. The largest absolute Gasteiger partial charge is 0.395 e. The van der Waals surface area contributed by atoms with Crippen LogP contribution in [0.15, 0.2) is 99.5 Å². The molecule has 0 unspecified atom stereocenters. The number of rotatable bonds is 12. The Morgan fingerprint density at radius 1 is 0.733 bits per heavy atom. The molecule has 4 aromatic carbocycles. The molecular weight excluding hydrogens is 757 g/mol. The van der Waals surface area contributed by atoms with E-state index < -0.39 is 0 Å². The number of nitrogens with one attached hydrogen (secondary N) is 4. The first kappa shape index (κ1) is 46.5. The number of para-hydroxylation sites is 2. The van der Waals surface area contributed by atoms with Gasteiger partial charge in [-0.3, -0.25) is 9.59 Å². The summed E-state index contributed by atoms with van der Waals surface area (Å²) in [4.78, 5) is 58.5. The number of anilines is 1. The minimum absolute atomic E-state index is 0.0695. The van der Waals surface area contributed by atoms with E-state index in [4.69, 9.17) is 5.11 Å². The summed E-state index contributed by atoms with van der Waals surface area (Å²) in [5.41, 5.74) is 10.5. The van der Waals surface area contributed by atoms with Crippen molar-refractivity contribution in [2.45, 2.75) is 80.3 Å². The van der Waals surface area contributed by atoms with Gasteiger partial charge >= 0.3 is 6.03 Å². The van der Waals surface area contributed by atoms with Gasteiger partial charge in [0.1, 0.15) is 0 Å². The van der Waals surface area contributed by atoms with Crippen molar-refractivity contribution in [2.24, 2.45) is 4.99 Å². The topological polar surface area (TPSA) is 180 Å². The maximum absolute atomic E-state index is 13.0. The third-order valence-corrected chi connectivity index (χ3v) is 9.91. The molecule has 0 aliphatic carbocycles. The highest BCUT2D eigenvalue weighted by atomic mass is 16.3. The fraction of sp³-hybridized carbons (Fsp3) is 0.333. The van der Waals surface area contributed by atoms with Gasteiger partial charge < -0.3 is 35.7 Å². The lowest BCUT2D eigenvalue weighted by Crippen LogP contribution is -2.38. The third kappa shape index (κ3) is 12.7. The van der Waals surface area contributed by atoms with E-state index in [1.54, 1.807) is 6.08 Å². The first-order chi connectivity index (χ1) is 28.7. The van der Waals surface area contributed by atoms with Crippen LogP contribution in [0.2, 0.25) is 0 Å². The summed E-state index contributed by atoms with van der Waals surface area (Å²) >= 11 is 0. The van der Waals surface area contributed by atoms with Crippen molar-refractivity contribution >= 4 is 45.3 Å². The van der Waals surface area contributed by atoms with Crippen molar-refractivity contribution in [1.82, 2.24) is 20.2 Å². The van der Waals surface area contributed by atoms with E-state index in [9.17, 15) is 24.3 Å². The molecule has 0 aliphatic heterocycles. The average Bonchev–Trinajstić information content (AvgIpc) is 3.20. The molecule has 6 N–H and O–H groups in total. The second-order valence-electron chi connectivity index (χ2n) is 15.5. The maximum Gasteiger partial charge on any atom is 0.322 e. The predicted octanol–water partition coefficient (Wildman–Crippen LogP) is 8.30. The van der Waals surface area contributed by atoms with Crippen LogP contribution in [-0.2, 0) is 17.9 Å². The van der Waals surface area contributed by atoms with Crippen LogP contribution in [-0.4, -0.2) is 63.5 Å². The highest BCUT2D eigenvalue weighted by molar-refractivity contribution is 5.90. The SMILES string of the molecule is CC(C)c1ccccc1N=C=O.Cc1cc(C)c2[nH]c(=O)c(CN(CCO)C(=O)Nc3ccccc3C(C)C)cc2c1.Cc1cc(C)c2[nH]c(=O)c(CNCCO)cc2c1. The Labute approximate surface area is 351 Å². The van der Waals surface area contributed by atoms with E-state index in [2.05, 4.69) is 65.4 Å². The Hall–Kier alpha value is -6.17. The van der Waals surface area contributed by atoms with Crippen molar-refractivity contribution in [3.63, 3.8) is 0 Å². The summed E-state index contributed by atoms with van der Waals surface area (Å²) in [5, 5.41) is 26.1. The lowest BCUT2D eigenvalue weighted by molar-refractivity contribution is 0.185. The Morgan fingerprint density at radius 3 is 1.82 bits per heavy atom.